The van der Waals surface area contributed by atoms with E-state index in [2.05, 4.69) is 33.9 Å². The second-order valence-electron chi connectivity index (χ2n) is 8.36. The minimum atomic E-state index is -0.209. The summed E-state index contributed by atoms with van der Waals surface area (Å²) in [5.74, 6) is 0.745. The standard InChI is InChI=1S/C22H28FN5O/c1-14-15(2)24-20(25-21(14)27-10-9-17(13-27)26(3)4)22(29)28-11-16(12-28)18-7-5-6-8-19(18)23/h5-8,16-17H,9-13H2,1-4H3/t17-/m1/s1. The van der Waals surface area contributed by atoms with Gasteiger partial charge in [0.1, 0.15) is 11.6 Å². The molecule has 0 aliphatic carbocycles. The summed E-state index contributed by atoms with van der Waals surface area (Å²) < 4.78 is 14.0. The van der Waals surface area contributed by atoms with Crippen molar-refractivity contribution in [1.29, 1.82) is 0 Å². The highest BCUT2D eigenvalue weighted by Gasteiger charge is 2.35. The molecule has 2 aliphatic rings. The molecule has 0 spiro atoms. The van der Waals surface area contributed by atoms with Crippen LogP contribution in [0.4, 0.5) is 10.2 Å². The van der Waals surface area contributed by atoms with Crippen LogP contribution in [0.25, 0.3) is 0 Å². The molecule has 0 radical (unpaired) electrons. The van der Waals surface area contributed by atoms with Gasteiger partial charge >= 0.3 is 0 Å². The Hall–Kier alpha value is -2.54. The number of anilines is 1. The summed E-state index contributed by atoms with van der Waals surface area (Å²) in [6.07, 6.45) is 1.08. The number of carbonyl (C=O) groups is 1. The quantitative estimate of drug-likeness (QED) is 0.794. The van der Waals surface area contributed by atoms with Gasteiger partial charge in [-0.3, -0.25) is 4.79 Å². The molecule has 4 rings (SSSR count). The number of amides is 1. The van der Waals surface area contributed by atoms with Crippen LogP contribution in [-0.4, -0.2) is 72.0 Å². The van der Waals surface area contributed by atoms with Crippen LogP contribution in [0.1, 0.15) is 39.8 Å². The topological polar surface area (TPSA) is 52.6 Å². The fraction of sp³-hybridized carbons (Fsp3) is 0.500. The highest BCUT2D eigenvalue weighted by molar-refractivity contribution is 5.91. The number of benzene rings is 1. The molecule has 3 heterocycles. The van der Waals surface area contributed by atoms with Crippen LogP contribution < -0.4 is 4.90 Å². The average Bonchev–Trinajstić information content (AvgIpc) is 3.14. The molecule has 1 aromatic carbocycles. The molecule has 1 atom stereocenters. The Morgan fingerprint density at radius 2 is 1.86 bits per heavy atom. The van der Waals surface area contributed by atoms with E-state index < -0.39 is 0 Å². The Kier molecular flexibility index (Phi) is 5.25. The van der Waals surface area contributed by atoms with Gasteiger partial charge in [0.25, 0.3) is 5.91 Å². The Labute approximate surface area is 171 Å². The molecule has 0 saturated carbocycles. The lowest BCUT2D eigenvalue weighted by Gasteiger charge is -2.39. The van der Waals surface area contributed by atoms with E-state index in [1.54, 1.807) is 17.0 Å². The zero-order chi connectivity index (χ0) is 20.7. The molecule has 29 heavy (non-hydrogen) atoms. The SMILES string of the molecule is Cc1nc(C(=O)N2CC(c3ccccc3F)C2)nc(N2CC[C@@H](N(C)C)C2)c1C. The lowest BCUT2D eigenvalue weighted by atomic mass is 9.91. The number of likely N-dealkylation sites (tertiary alicyclic amines) is 1. The fourth-order valence-electron chi connectivity index (χ4n) is 4.16. The zero-order valence-electron chi connectivity index (χ0n) is 17.5. The van der Waals surface area contributed by atoms with Crippen LogP contribution in [0, 0.1) is 19.7 Å². The van der Waals surface area contributed by atoms with Gasteiger partial charge in [-0.2, -0.15) is 0 Å². The van der Waals surface area contributed by atoms with Crippen molar-refractivity contribution in [1.82, 2.24) is 19.8 Å². The van der Waals surface area contributed by atoms with Crippen LogP contribution in [0.3, 0.4) is 0 Å². The van der Waals surface area contributed by atoms with E-state index in [1.807, 2.05) is 19.9 Å². The molecule has 6 nitrogen and oxygen atoms in total. The predicted octanol–water partition coefficient (Wildman–Crippen LogP) is 2.61. The van der Waals surface area contributed by atoms with Crippen molar-refractivity contribution in [2.75, 3.05) is 45.2 Å². The highest BCUT2D eigenvalue weighted by atomic mass is 19.1. The molecule has 1 aromatic heterocycles. The molecular formula is C22H28FN5O. The van der Waals surface area contributed by atoms with Gasteiger partial charge in [0.2, 0.25) is 5.82 Å². The van der Waals surface area contributed by atoms with Gasteiger partial charge in [-0.15, -0.1) is 0 Å². The first-order chi connectivity index (χ1) is 13.8. The maximum atomic E-state index is 14.0. The van der Waals surface area contributed by atoms with Gasteiger partial charge in [-0.1, -0.05) is 18.2 Å². The van der Waals surface area contributed by atoms with Crippen molar-refractivity contribution in [2.24, 2.45) is 0 Å². The molecule has 0 N–H and O–H groups in total. The van der Waals surface area contributed by atoms with Crippen molar-refractivity contribution in [2.45, 2.75) is 32.2 Å². The van der Waals surface area contributed by atoms with Gasteiger partial charge in [0.15, 0.2) is 0 Å². The van der Waals surface area contributed by atoms with E-state index in [0.717, 1.165) is 36.6 Å². The van der Waals surface area contributed by atoms with E-state index in [1.165, 1.54) is 6.07 Å². The number of halogens is 1. The summed E-state index contributed by atoms with van der Waals surface area (Å²) in [7, 11) is 4.19. The Balaban J connectivity index is 1.50. The lowest BCUT2D eigenvalue weighted by Crippen LogP contribution is -2.49. The Bertz CT molecular complexity index is 925. The van der Waals surface area contributed by atoms with Crippen molar-refractivity contribution in [3.05, 3.63) is 52.7 Å². The van der Waals surface area contributed by atoms with Crippen LogP contribution in [0.5, 0.6) is 0 Å². The number of nitrogens with zero attached hydrogens (tertiary/aromatic N) is 5. The van der Waals surface area contributed by atoms with Crippen LogP contribution in [-0.2, 0) is 0 Å². The number of aryl methyl sites for hydroxylation is 1. The van der Waals surface area contributed by atoms with Gasteiger partial charge < -0.3 is 14.7 Å². The summed E-state index contributed by atoms with van der Waals surface area (Å²) in [5, 5.41) is 0. The molecule has 1 amide bonds. The molecule has 7 heteroatoms. The smallest absolute Gasteiger partial charge is 0.291 e. The van der Waals surface area contributed by atoms with Crippen molar-refractivity contribution in [3.63, 3.8) is 0 Å². The number of likely N-dealkylation sites (N-methyl/N-ethyl adjacent to an activating group) is 1. The Morgan fingerprint density at radius 1 is 1.14 bits per heavy atom. The monoisotopic (exact) mass is 397 g/mol. The van der Waals surface area contributed by atoms with E-state index >= 15 is 0 Å². The number of aromatic nitrogens is 2. The number of rotatable bonds is 4. The van der Waals surface area contributed by atoms with Crippen molar-refractivity contribution < 1.29 is 9.18 Å². The molecule has 0 bridgehead atoms. The van der Waals surface area contributed by atoms with Gasteiger partial charge in [-0.25, -0.2) is 14.4 Å². The fourth-order valence-corrected chi connectivity index (χ4v) is 4.16. The number of hydrogen-bond acceptors (Lipinski definition) is 5. The van der Waals surface area contributed by atoms with E-state index in [4.69, 9.17) is 0 Å². The summed E-state index contributed by atoms with van der Waals surface area (Å²) in [4.78, 5) is 28.3. The van der Waals surface area contributed by atoms with Crippen LogP contribution in [0.15, 0.2) is 24.3 Å². The molecule has 2 aliphatic heterocycles. The normalized spacial score (nSPS) is 19.7. The van der Waals surface area contributed by atoms with E-state index in [0.29, 0.717) is 24.7 Å². The third-order valence-corrected chi connectivity index (χ3v) is 6.26. The zero-order valence-corrected chi connectivity index (χ0v) is 17.5. The first kappa shape index (κ1) is 19.8. The maximum absolute atomic E-state index is 14.0. The lowest BCUT2D eigenvalue weighted by molar-refractivity contribution is 0.0586. The van der Waals surface area contributed by atoms with Gasteiger partial charge in [-0.05, 0) is 46.0 Å². The molecule has 2 saturated heterocycles. The molecule has 0 unspecified atom stereocenters. The summed E-state index contributed by atoms with van der Waals surface area (Å²) in [6.45, 7) is 6.76. The molecule has 2 aromatic rings. The van der Waals surface area contributed by atoms with Crippen LogP contribution >= 0.6 is 0 Å². The largest absolute Gasteiger partial charge is 0.355 e. The summed E-state index contributed by atoms with van der Waals surface area (Å²) >= 11 is 0. The number of carbonyl (C=O) groups excluding carboxylic acids is 1. The Morgan fingerprint density at radius 3 is 2.52 bits per heavy atom. The predicted molar refractivity (Wildman–Crippen MR) is 111 cm³/mol. The third-order valence-electron chi connectivity index (χ3n) is 6.26. The molecule has 154 valence electrons. The molecular weight excluding hydrogens is 369 g/mol. The van der Waals surface area contributed by atoms with Crippen molar-refractivity contribution in [3.8, 4) is 0 Å². The third kappa shape index (κ3) is 3.71. The van der Waals surface area contributed by atoms with Gasteiger partial charge in [0, 0.05) is 49.4 Å². The van der Waals surface area contributed by atoms with Crippen LogP contribution in [0.2, 0.25) is 0 Å². The number of hydrogen-bond donors (Lipinski definition) is 0. The second kappa shape index (κ2) is 7.71. The first-order valence-corrected chi connectivity index (χ1v) is 10.2. The van der Waals surface area contributed by atoms with Gasteiger partial charge in [0.05, 0.1) is 0 Å². The van der Waals surface area contributed by atoms with E-state index in [-0.39, 0.29) is 23.5 Å². The maximum Gasteiger partial charge on any atom is 0.291 e. The average molecular weight is 397 g/mol. The van der Waals surface area contributed by atoms with Crippen molar-refractivity contribution >= 4 is 11.7 Å². The minimum absolute atomic E-state index is 0.0330. The highest BCUT2D eigenvalue weighted by Crippen LogP contribution is 2.30. The second-order valence-corrected chi connectivity index (χ2v) is 8.36. The summed E-state index contributed by atoms with van der Waals surface area (Å²) in [6, 6.07) is 7.26. The first-order valence-electron chi connectivity index (χ1n) is 10.2. The van der Waals surface area contributed by atoms with E-state index in [9.17, 15) is 9.18 Å². The minimum Gasteiger partial charge on any atom is -0.355 e. The summed E-state index contributed by atoms with van der Waals surface area (Å²) in [5.41, 5.74) is 2.52. The molecule has 2 fully saturated rings.